The van der Waals surface area contributed by atoms with Crippen LogP contribution in [-0.4, -0.2) is 24.7 Å². The van der Waals surface area contributed by atoms with Crippen LogP contribution in [0.15, 0.2) is 71.3 Å². The van der Waals surface area contributed by atoms with Gasteiger partial charge in [0.15, 0.2) is 0 Å². The lowest BCUT2D eigenvalue weighted by atomic mass is 9.99. The highest BCUT2D eigenvalue weighted by molar-refractivity contribution is 7.98. The van der Waals surface area contributed by atoms with Gasteiger partial charge in [-0.3, -0.25) is 4.79 Å². The van der Waals surface area contributed by atoms with Gasteiger partial charge in [-0.2, -0.15) is 11.8 Å². The average molecular weight is 408 g/mol. The van der Waals surface area contributed by atoms with Gasteiger partial charge < -0.3 is 14.6 Å². The van der Waals surface area contributed by atoms with Crippen LogP contribution in [0.2, 0.25) is 0 Å². The second-order valence-electron chi connectivity index (χ2n) is 7.46. The van der Waals surface area contributed by atoms with Crippen molar-refractivity contribution in [2.24, 2.45) is 0 Å². The van der Waals surface area contributed by atoms with Gasteiger partial charge in [0.05, 0.1) is 18.6 Å². The number of carbonyl (C=O) groups excluding carboxylic acids is 1. The Labute approximate surface area is 176 Å². The Morgan fingerprint density at radius 3 is 2.66 bits per heavy atom. The molecule has 29 heavy (non-hydrogen) atoms. The highest BCUT2D eigenvalue weighted by atomic mass is 32.2. The number of furan rings is 1. The van der Waals surface area contributed by atoms with Crippen molar-refractivity contribution in [3.8, 4) is 0 Å². The molecule has 3 aromatic rings. The van der Waals surface area contributed by atoms with Gasteiger partial charge in [0, 0.05) is 35.4 Å². The molecule has 5 heteroatoms. The number of nitrogens with one attached hydrogen (secondary N) is 2. The monoisotopic (exact) mass is 407 g/mol. The number of amides is 1. The molecular weight excluding hydrogens is 380 g/mol. The molecule has 4 rings (SSSR count). The van der Waals surface area contributed by atoms with E-state index in [0.29, 0.717) is 6.54 Å². The first-order chi connectivity index (χ1) is 14.3. The number of hydrogen-bond acceptors (Lipinski definition) is 3. The summed E-state index contributed by atoms with van der Waals surface area (Å²) in [7, 11) is 0. The third-order valence-corrected chi connectivity index (χ3v) is 6.31. The van der Waals surface area contributed by atoms with Crippen LogP contribution < -0.4 is 10.2 Å². The summed E-state index contributed by atoms with van der Waals surface area (Å²) in [6, 6.07) is 20.7. The van der Waals surface area contributed by atoms with Crippen LogP contribution in [0, 0.1) is 0 Å². The van der Waals surface area contributed by atoms with Crippen LogP contribution in [0.1, 0.15) is 32.8 Å². The molecule has 0 spiro atoms. The summed E-state index contributed by atoms with van der Waals surface area (Å²) in [5, 5.41) is 3.00. The van der Waals surface area contributed by atoms with E-state index in [9.17, 15) is 4.79 Å². The Balaban J connectivity index is 1.21. The van der Waals surface area contributed by atoms with Gasteiger partial charge in [0.1, 0.15) is 18.8 Å². The quantitative estimate of drug-likeness (QED) is 0.564. The van der Waals surface area contributed by atoms with Gasteiger partial charge in [0.2, 0.25) is 0 Å². The molecule has 0 bridgehead atoms. The standard InChI is InChI=1S/C24H26N2O2S/c27-24(25-12-15-29-18-23-6-3-14-28-23)21-9-7-19(8-10-21)16-26-13-11-20-4-1-2-5-22(20)17-26/h1-10,14H,11-13,15-18H2,(H,25,27)/p+1. The molecule has 1 amide bonds. The minimum atomic E-state index is -0.00519. The molecular formula is C24H27N2O2S+. The number of fused-ring (bicyclic) bond motifs is 1. The van der Waals surface area contributed by atoms with E-state index in [-0.39, 0.29) is 5.91 Å². The van der Waals surface area contributed by atoms with Crippen LogP contribution in [0.3, 0.4) is 0 Å². The fourth-order valence-electron chi connectivity index (χ4n) is 3.76. The molecule has 1 aromatic heterocycles. The van der Waals surface area contributed by atoms with Gasteiger partial charge in [-0.1, -0.05) is 36.4 Å². The number of rotatable bonds is 8. The first-order valence-corrected chi connectivity index (χ1v) is 11.3. The summed E-state index contributed by atoms with van der Waals surface area (Å²) in [6.45, 7) is 3.89. The van der Waals surface area contributed by atoms with Crippen molar-refractivity contribution < 1.29 is 14.1 Å². The van der Waals surface area contributed by atoms with E-state index in [0.717, 1.165) is 48.9 Å². The third kappa shape index (κ3) is 5.52. The van der Waals surface area contributed by atoms with E-state index >= 15 is 0 Å². The highest BCUT2D eigenvalue weighted by Gasteiger charge is 2.19. The molecule has 1 unspecified atom stereocenters. The zero-order chi connectivity index (χ0) is 19.9. The Hall–Kier alpha value is -2.50. The summed E-state index contributed by atoms with van der Waals surface area (Å²) < 4.78 is 5.30. The summed E-state index contributed by atoms with van der Waals surface area (Å²) in [5.74, 6) is 2.66. The van der Waals surface area contributed by atoms with Crippen molar-refractivity contribution in [2.75, 3.05) is 18.8 Å². The average Bonchev–Trinajstić information content (AvgIpc) is 3.27. The minimum Gasteiger partial charge on any atom is -0.468 e. The van der Waals surface area contributed by atoms with E-state index < -0.39 is 0 Å². The smallest absolute Gasteiger partial charge is 0.251 e. The van der Waals surface area contributed by atoms with E-state index in [1.54, 1.807) is 22.9 Å². The Kier molecular flexibility index (Phi) is 6.70. The lowest BCUT2D eigenvalue weighted by molar-refractivity contribution is -0.929. The van der Waals surface area contributed by atoms with Gasteiger partial charge in [-0.25, -0.2) is 0 Å². The predicted octanol–water partition coefficient (Wildman–Crippen LogP) is 3.08. The Morgan fingerprint density at radius 1 is 1.03 bits per heavy atom. The Bertz CT molecular complexity index is 922. The zero-order valence-corrected chi connectivity index (χ0v) is 17.3. The first kappa shape index (κ1) is 19.8. The second-order valence-corrected chi connectivity index (χ2v) is 8.56. The van der Waals surface area contributed by atoms with Gasteiger partial charge >= 0.3 is 0 Å². The SMILES string of the molecule is O=C(NCCSCc1ccco1)c1ccc(C[NH+]2CCc3ccccc3C2)cc1. The first-order valence-electron chi connectivity index (χ1n) is 10.2. The topological polar surface area (TPSA) is 46.7 Å². The lowest BCUT2D eigenvalue weighted by Gasteiger charge is -2.26. The van der Waals surface area contributed by atoms with Crippen molar-refractivity contribution in [2.45, 2.75) is 25.3 Å². The van der Waals surface area contributed by atoms with Crippen LogP contribution in [0.4, 0.5) is 0 Å². The van der Waals surface area contributed by atoms with Crippen molar-refractivity contribution >= 4 is 17.7 Å². The molecule has 0 saturated heterocycles. The van der Waals surface area contributed by atoms with Crippen LogP contribution in [0.5, 0.6) is 0 Å². The molecule has 0 radical (unpaired) electrons. The van der Waals surface area contributed by atoms with Crippen LogP contribution in [-0.2, 0) is 25.3 Å². The summed E-state index contributed by atoms with van der Waals surface area (Å²) >= 11 is 1.75. The summed E-state index contributed by atoms with van der Waals surface area (Å²) in [6.07, 6.45) is 2.83. The molecule has 2 heterocycles. The van der Waals surface area contributed by atoms with E-state index in [4.69, 9.17) is 4.42 Å². The normalized spacial score (nSPS) is 15.7. The van der Waals surface area contributed by atoms with E-state index in [2.05, 4.69) is 41.7 Å². The fourth-order valence-corrected chi connectivity index (χ4v) is 4.52. The van der Waals surface area contributed by atoms with Gasteiger partial charge in [-0.05, 0) is 29.8 Å². The molecule has 0 fully saturated rings. The maximum Gasteiger partial charge on any atom is 0.251 e. The van der Waals surface area contributed by atoms with E-state index in [1.807, 2.05) is 24.3 Å². The maximum absolute atomic E-state index is 12.3. The predicted molar refractivity (Wildman–Crippen MR) is 117 cm³/mol. The molecule has 1 aliphatic heterocycles. The summed E-state index contributed by atoms with van der Waals surface area (Å²) in [5.41, 5.74) is 4.97. The Morgan fingerprint density at radius 2 is 1.86 bits per heavy atom. The molecule has 4 nitrogen and oxygen atoms in total. The van der Waals surface area contributed by atoms with Crippen molar-refractivity contribution in [3.05, 3.63) is 94.9 Å². The molecule has 150 valence electrons. The third-order valence-electron chi connectivity index (χ3n) is 5.33. The zero-order valence-electron chi connectivity index (χ0n) is 16.5. The molecule has 1 aliphatic rings. The highest BCUT2D eigenvalue weighted by Crippen LogP contribution is 2.12. The van der Waals surface area contributed by atoms with Crippen LogP contribution >= 0.6 is 11.8 Å². The molecule has 0 saturated carbocycles. The maximum atomic E-state index is 12.3. The number of hydrogen-bond donors (Lipinski definition) is 2. The van der Waals surface area contributed by atoms with Crippen molar-refractivity contribution in [1.29, 1.82) is 0 Å². The molecule has 0 aliphatic carbocycles. The van der Waals surface area contributed by atoms with E-state index in [1.165, 1.54) is 16.7 Å². The lowest BCUT2D eigenvalue weighted by Crippen LogP contribution is -3.10. The summed E-state index contributed by atoms with van der Waals surface area (Å²) in [4.78, 5) is 13.9. The molecule has 2 N–H and O–H groups in total. The van der Waals surface area contributed by atoms with Gasteiger partial charge in [0.25, 0.3) is 5.91 Å². The van der Waals surface area contributed by atoms with Crippen molar-refractivity contribution in [3.63, 3.8) is 0 Å². The molecule has 1 atom stereocenters. The van der Waals surface area contributed by atoms with Crippen molar-refractivity contribution in [1.82, 2.24) is 5.32 Å². The molecule has 2 aromatic carbocycles. The minimum absolute atomic E-state index is 0.00519. The number of benzene rings is 2. The number of quaternary nitrogens is 1. The van der Waals surface area contributed by atoms with Crippen LogP contribution in [0.25, 0.3) is 0 Å². The number of carbonyl (C=O) groups is 1. The second kappa shape index (κ2) is 9.81. The van der Waals surface area contributed by atoms with Gasteiger partial charge in [-0.15, -0.1) is 0 Å². The number of thioether (sulfide) groups is 1. The largest absolute Gasteiger partial charge is 0.468 e. The fraction of sp³-hybridized carbons (Fsp3) is 0.292.